The number of hydrogen-bond acceptors (Lipinski definition) is 9. The van der Waals surface area contributed by atoms with Crippen LogP contribution in [-0.2, 0) is 32.6 Å². The molecule has 2 aromatic carbocycles. The molecule has 1 amide bonds. The standard InChI is InChI=1S/C25H27NO10/c1-4-32-23(29)26-9-8-16-11-21(36-24(30)33-5-2)19(31-3)12-17(16)25(26,22(27)28)13-15-6-7-18-20(10-15)35-14-34-18/h6-7,10-12H,4-5,8-9,13-14H2,1-3H3,(H,27,28). The molecule has 2 aliphatic heterocycles. The third kappa shape index (κ3) is 4.43. The molecule has 0 saturated carbocycles. The molecule has 0 spiro atoms. The molecule has 2 heterocycles. The maximum atomic E-state index is 13.1. The SMILES string of the molecule is CCOC(=O)Oc1cc2c(cc1OC)C(Cc1ccc3c(c1)OCO3)(C(=O)O)N(C(=O)OCC)CC2. The van der Waals surface area contributed by atoms with E-state index in [2.05, 4.69) is 0 Å². The van der Waals surface area contributed by atoms with Crippen molar-refractivity contribution < 1.29 is 47.9 Å². The van der Waals surface area contributed by atoms with Crippen LogP contribution in [0.1, 0.15) is 30.5 Å². The zero-order valence-electron chi connectivity index (χ0n) is 20.2. The van der Waals surface area contributed by atoms with Crippen molar-refractivity contribution in [3.8, 4) is 23.0 Å². The Kier molecular flexibility index (Phi) is 7.09. The van der Waals surface area contributed by atoms with Crippen molar-refractivity contribution in [2.24, 2.45) is 0 Å². The van der Waals surface area contributed by atoms with Gasteiger partial charge in [0.05, 0.1) is 20.3 Å². The van der Waals surface area contributed by atoms with Gasteiger partial charge in [0, 0.05) is 13.0 Å². The Morgan fingerprint density at radius 2 is 1.78 bits per heavy atom. The Morgan fingerprint density at radius 1 is 1.03 bits per heavy atom. The summed E-state index contributed by atoms with van der Waals surface area (Å²) in [6.45, 7) is 3.63. The lowest BCUT2D eigenvalue weighted by Crippen LogP contribution is -2.59. The molecule has 1 N–H and O–H groups in total. The van der Waals surface area contributed by atoms with Gasteiger partial charge in [0.25, 0.3) is 0 Å². The van der Waals surface area contributed by atoms with E-state index >= 15 is 0 Å². The summed E-state index contributed by atoms with van der Waals surface area (Å²) < 4.78 is 31.6. The highest BCUT2D eigenvalue weighted by atomic mass is 16.7. The number of aliphatic carboxylic acids is 1. The van der Waals surface area contributed by atoms with Crippen LogP contribution in [-0.4, -0.2) is 61.9 Å². The van der Waals surface area contributed by atoms with Gasteiger partial charge in [0.2, 0.25) is 6.79 Å². The van der Waals surface area contributed by atoms with Gasteiger partial charge in [0.15, 0.2) is 28.5 Å². The van der Waals surface area contributed by atoms with E-state index in [1.54, 1.807) is 38.1 Å². The van der Waals surface area contributed by atoms with E-state index in [1.165, 1.54) is 18.1 Å². The zero-order valence-corrected chi connectivity index (χ0v) is 20.2. The maximum Gasteiger partial charge on any atom is 0.513 e. The minimum Gasteiger partial charge on any atom is -0.493 e. The zero-order chi connectivity index (χ0) is 25.9. The number of ether oxygens (including phenoxy) is 6. The lowest BCUT2D eigenvalue weighted by Gasteiger charge is -2.44. The van der Waals surface area contributed by atoms with Crippen molar-refractivity contribution in [3.05, 3.63) is 47.0 Å². The summed E-state index contributed by atoms with van der Waals surface area (Å²) in [4.78, 5) is 39.3. The lowest BCUT2D eigenvalue weighted by atomic mass is 9.76. The van der Waals surface area contributed by atoms with Crippen molar-refractivity contribution in [1.29, 1.82) is 0 Å². The molecule has 0 radical (unpaired) electrons. The lowest BCUT2D eigenvalue weighted by molar-refractivity contribution is -0.152. The molecule has 0 aromatic heterocycles. The van der Waals surface area contributed by atoms with Crippen LogP contribution in [0.2, 0.25) is 0 Å². The van der Waals surface area contributed by atoms with E-state index in [1.807, 2.05) is 0 Å². The van der Waals surface area contributed by atoms with Crippen LogP contribution in [0, 0.1) is 0 Å². The first-order valence-electron chi connectivity index (χ1n) is 11.5. The number of benzene rings is 2. The molecule has 192 valence electrons. The normalized spacial score (nSPS) is 17.7. The van der Waals surface area contributed by atoms with Crippen LogP contribution < -0.4 is 18.9 Å². The van der Waals surface area contributed by atoms with Gasteiger partial charge in [-0.25, -0.2) is 14.4 Å². The average molecular weight is 501 g/mol. The summed E-state index contributed by atoms with van der Waals surface area (Å²) in [7, 11) is 1.37. The monoisotopic (exact) mass is 501 g/mol. The Labute approximate surface area is 207 Å². The van der Waals surface area contributed by atoms with Gasteiger partial charge in [-0.15, -0.1) is 0 Å². The van der Waals surface area contributed by atoms with E-state index in [0.29, 0.717) is 34.6 Å². The van der Waals surface area contributed by atoms with Gasteiger partial charge in [-0.3, -0.25) is 4.90 Å². The third-order valence-electron chi connectivity index (χ3n) is 6.09. The smallest absolute Gasteiger partial charge is 0.493 e. The summed E-state index contributed by atoms with van der Waals surface area (Å²) in [6, 6.07) is 8.15. The molecule has 2 aliphatic rings. The van der Waals surface area contributed by atoms with Gasteiger partial charge in [-0.05, 0) is 61.2 Å². The first kappa shape index (κ1) is 25.0. The van der Waals surface area contributed by atoms with Crippen LogP contribution in [0.4, 0.5) is 9.59 Å². The third-order valence-corrected chi connectivity index (χ3v) is 6.09. The Morgan fingerprint density at radius 3 is 2.47 bits per heavy atom. The van der Waals surface area contributed by atoms with Gasteiger partial charge >= 0.3 is 18.2 Å². The first-order chi connectivity index (χ1) is 17.3. The van der Waals surface area contributed by atoms with Gasteiger partial charge in [-0.1, -0.05) is 6.07 Å². The van der Waals surface area contributed by atoms with Crippen molar-refractivity contribution >= 4 is 18.2 Å². The second-order valence-corrected chi connectivity index (χ2v) is 8.08. The summed E-state index contributed by atoms with van der Waals surface area (Å²) >= 11 is 0. The first-order valence-corrected chi connectivity index (χ1v) is 11.5. The van der Waals surface area contributed by atoms with E-state index in [0.717, 1.165) is 0 Å². The molecule has 0 fully saturated rings. The van der Waals surface area contributed by atoms with Crippen molar-refractivity contribution in [2.45, 2.75) is 32.2 Å². The molecule has 1 unspecified atom stereocenters. The number of carbonyl (C=O) groups is 3. The fraction of sp³-hybridized carbons (Fsp3) is 0.400. The molecular weight excluding hydrogens is 474 g/mol. The number of rotatable bonds is 7. The molecular formula is C25H27NO10. The Balaban J connectivity index is 1.86. The second kappa shape index (κ2) is 10.2. The van der Waals surface area contributed by atoms with Crippen molar-refractivity contribution in [1.82, 2.24) is 4.90 Å². The van der Waals surface area contributed by atoms with Crippen LogP contribution in [0.5, 0.6) is 23.0 Å². The quantitative estimate of drug-likeness (QED) is 0.444. The molecule has 0 bridgehead atoms. The van der Waals surface area contributed by atoms with E-state index in [9.17, 15) is 19.5 Å². The van der Waals surface area contributed by atoms with Crippen LogP contribution in [0.3, 0.4) is 0 Å². The molecule has 0 aliphatic carbocycles. The number of hydrogen-bond donors (Lipinski definition) is 1. The van der Waals surface area contributed by atoms with E-state index < -0.39 is 23.8 Å². The molecule has 0 saturated heterocycles. The molecule has 2 aromatic rings. The van der Waals surface area contributed by atoms with Gasteiger partial charge in [0.1, 0.15) is 0 Å². The van der Waals surface area contributed by atoms with Crippen LogP contribution in [0.15, 0.2) is 30.3 Å². The Hall–Kier alpha value is -4.15. The van der Waals surface area contributed by atoms with Crippen LogP contribution in [0.25, 0.3) is 0 Å². The number of carboxylic acids is 1. The highest BCUT2D eigenvalue weighted by Crippen LogP contribution is 2.45. The van der Waals surface area contributed by atoms with Crippen LogP contribution >= 0.6 is 0 Å². The number of fused-ring (bicyclic) bond motifs is 2. The number of amides is 1. The average Bonchev–Trinajstić information content (AvgIpc) is 3.31. The number of carboxylic acid groups (broad SMARTS) is 1. The van der Waals surface area contributed by atoms with Crippen molar-refractivity contribution in [3.63, 3.8) is 0 Å². The number of nitrogens with zero attached hydrogens (tertiary/aromatic N) is 1. The topological polar surface area (TPSA) is 130 Å². The minimum absolute atomic E-state index is 0.0634. The van der Waals surface area contributed by atoms with E-state index in [-0.39, 0.29) is 44.5 Å². The molecule has 11 nitrogen and oxygen atoms in total. The second-order valence-electron chi connectivity index (χ2n) is 8.08. The molecule has 11 heteroatoms. The molecule has 36 heavy (non-hydrogen) atoms. The van der Waals surface area contributed by atoms with Gasteiger partial charge in [-0.2, -0.15) is 0 Å². The predicted octanol–water partition coefficient (Wildman–Crippen LogP) is 3.50. The van der Waals surface area contributed by atoms with Gasteiger partial charge < -0.3 is 33.5 Å². The summed E-state index contributed by atoms with van der Waals surface area (Å²) in [5.41, 5.74) is -0.336. The highest BCUT2D eigenvalue weighted by Gasteiger charge is 2.53. The predicted molar refractivity (Wildman–Crippen MR) is 124 cm³/mol. The number of carbonyl (C=O) groups excluding carboxylic acids is 2. The fourth-order valence-corrected chi connectivity index (χ4v) is 4.53. The largest absolute Gasteiger partial charge is 0.513 e. The van der Waals surface area contributed by atoms with Crippen molar-refractivity contribution in [2.75, 3.05) is 33.7 Å². The summed E-state index contributed by atoms with van der Waals surface area (Å²) in [5, 5.41) is 10.7. The highest BCUT2D eigenvalue weighted by molar-refractivity contribution is 5.88. The van der Waals surface area contributed by atoms with E-state index in [4.69, 9.17) is 28.4 Å². The minimum atomic E-state index is -1.84. The summed E-state index contributed by atoms with van der Waals surface area (Å²) in [6.07, 6.45) is -1.46. The Bertz CT molecular complexity index is 1180. The fourth-order valence-electron chi connectivity index (χ4n) is 4.53. The maximum absolute atomic E-state index is 13.1. The number of methoxy groups -OCH3 is 1. The summed E-state index contributed by atoms with van der Waals surface area (Å²) in [5.74, 6) is -0.0138. The molecule has 4 rings (SSSR count). The molecule has 1 atom stereocenters.